The van der Waals surface area contributed by atoms with Crippen molar-refractivity contribution >= 4 is 99.3 Å². The second-order valence-electron chi connectivity index (χ2n) is 13.5. The molecule has 0 spiro atoms. The monoisotopic (exact) mass is 867 g/mol. The first-order chi connectivity index (χ1) is 30.3. The number of amides is 9. The van der Waals surface area contributed by atoms with Crippen molar-refractivity contribution in [3.05, 3.63) is 150 Å². The van der Waals surface area contributed by atoms with Gasteiger partial charge >= 0.3 is 11.9 Å². The van der Waals surface area contributed by atoms with E-state index in [1.807, 2.05) is 0 Å². The molecular weight excluding hydrogens is 835 g/mol. The molecule has 4 heterocycles. The number of imide groups is 4. The Balaban J connectivity index is 0.000000181. The van der Waals surface area contributed by atoms with E-state index in [0.29, 0.717) is 51.2 Å². The minimum Gasteiger partial charge on any atom is -0.478 e. The fraction of sp³-hybridized carbons (Fsp3) is 0.0667. The van der Waals surface area contributed by atoms with Gasteiger partial charge in [0.2, 0.25) is 5.91 Å². The Hall–Kier alpha value is -9.26. The van der Waals surface area contributed by atoms with Crippen LogP contribution in [0.15, 0.2) is 145 Å². The van der Waals surface area contributed by atoms with E-state index >= 15 is 0 Å². The summed E-state index contributed by atoms with van der Waals surface area (Å²) in [6.45, 7) is 3.12. The van der Waals surface area contributed by atoms with Crippen molar-refractivity contribution in [3.8, 4) is 0 Å². The van der Waals surface area contributed by atoms with E-state index < -0.39 is 70.9 Å². The Bertz CT molecular complexity index is 2560. The number of carbonyl (C=O) groups excluding carboxylic acids is 10. The summed E-state index contributed by atoms with van der Waals surface area (Å²) in [5.41, 5.74) is 2.96. The second kappa shape index (κ2) is 19.9. The van der Waals surface area contributed by atoms with E-state index in [2.05, 4.69) is 5.32 Å². The van der Waals surface area contributed by atoms with E-state index in [-0.39, 0.29) is 6.42 Å². The molecule has 7 rings (SSSR count). The Morgan fingerprint density at radius 1 is 0.500 bits per heavy atom. The van der Waals surface area contributed by atoms with E-state index in [1.54, 1.807) is 74.5 Å². The summed E-state index contributed by atoms with van der Waals surface area (Å²) in [4.78, 5) is 142. The van der Waals surface area contributed by atoms with Crippen molar-refractivity contribution in [2.45, 2.75) is 20.3 Å². The maximum Gasteiger partial charge on any atom is 0.328 e. The van der Waals surface area contributed by atoms with Crippen LogP contribution < -0.4 is 24.9 Å². The van der Waals surface area contributed by atoms with Crippen LogP contribution in [-0.4, -0.2) is 81.1 Å². The highest BCUT2D eigenvalue weighted by atomic mass is 16.4. The molecule has 4 aliphatic heterocycles. The summed E-state index contributed by atoms with van der Waals surface area (Å²) >= 11 is 0. The van der Waals surface area contributed by atoms with Crippen LogP contribution in [0.1, 0.15) is 19.4 Å². The quantitative estimate of drug-likeness (QED) is 0.185. The average Bonchev–Trinajstić information content (AvgIpc) is 3.93. The number of anilines is 5. The fourth-order valence-electron chi connectivity index (χ4n) is 6.03. The molecule has 0 radical (unpaired) electrons. The summed E-state index contributed by atoms with van der Waals surface area (Å²) < 4.78 is 0. The maximum absolute atomic E-state index is 12.0. The largest absolute Gasteiger partial charge is 0.478 e. The Morgan fingerprint density at radius 3 is 1.28 bits per heavy atom. The summed E-state index contributed by atoms with van der Waals surface area (Å²) in [6.07, 6.45) is 10.5. The lowest BCUT2D eigenvalue weighted by Crippen LogP contribution is -2.32. The third-order valence-corrected chi connectivity index (χ3v) is 8.87. The van der Waals surface area contributed by atoms with Crippen LogP contribution in [0.2, 0.25) is 0 Å². The van der Waals surface area contributed by atoms with Gasteiger partial charge in [-0.3, -0.25) is 47.9 Å². The molecule has 9 amide bonds. The van der Waals surface area contributed by atoms with Crippen LogP contribution in [0.4, 0.5) is 28.4 Å². The third kappa shape index (κ3) is 11.1. The Labute approximate surface area is 361 Å². The molecule has 0 atom stereocenters. The molecule has 19 heteroatoms. The van der Waals surface area contributed by atoms with Crippen molar-refractivity contribution in [1.82, 2.24) is 0 Å². The topological polar surface area (TPSA) is 270 Å². The number of aliphatic carboxylic acids is 2. The molecule has 3 N–H and O–H groups in total. The fourth-order valence-corrected chi connectivity index (χ4v) is 6.03. The number of carboxylic acids is 2. The number of nitrogens with one attached hydrogen (secondary N) is 1. The normalized spacial score (nSPS) is 15.5. The number of ketones is 1. The van der Waals surface area contributed by atoms with Crippen molar-refractivity contribution in [2.75, 3.05) is 24.9 Å². The van der Waals surface area contributed by atoms with Gasteiger partial charge in [0.1, 0.15) is 0 Å². The summed E-state index contributed by atoms with van der Waals surface area (Å²) in [5, 5.41) is 19.3. The number of hydrogen-bond acceptors (Lipinski definition) is 12. The first-order valence-corrected chi connectivity index (χ1v) is 18.5. The van der Waals surface area contributed by atoms with Gasteiger partial charge in [0.25, 0.3) is 47.3 Å². The average molecular weight is 868 g/mol. The van der Waals surface area contributed by atoms with Crippen molar-refractivity contribution in [3.63, 3.8) is 0 Å². The third-order valence-electron chi connectivity index (χ3n) is 8.87. The van der Waals surface area contributed by atoms with Crippen molar-refractivity contribution < 1.29 is 67.7 Å². The first kappa shape index (κ1) is 45.8. The van der Waals surface area contributed by atoms with Crippen LogP contribution in [0.3, 0.4) is 0 Å². The van der Waals surface area contributed by atoms with Gasteiger partial charge < -0.3 is 15.5 Å². The molecule has 3 aromatic rings. The Morgan fingerprint density at radius 2 is 0.891 bits per heavy atom. The van der Waals surface area contributed by atoms with E-state index in [4.69, 9.17) is 10.2 Å². The Kier molecular flexibility index (Phi) is 14.2. The zero-order chi connectivity index (χ0) is 46.8. The molecule has 0 unspecified atom stereocenters. The minimum absolute atomic E-state index is 0.0154. The lowest BCUT2D eigenvalue weighted by molar-refractivity contribution is -0.132. The SMILES string of the molecule is CC1=CC(=O)N(c2cccc(N3C(=O)C=C(C)C3=O)c2)C1=O.O=C(O)/C=C\C(=O)Cc1cccc(NC(=O)/C=C\C(=O)O)c1.O=C1C=CC(=O)N1c1cccc(N2C(=O)C=CC2=O)c1. The number of allylic oxidation sites excluding steroid dienone is 1. The first-order valence-electron chi connectivity index (χ1n) is 18.5. The molecule has 0 bridgehead atoms. The van der Waals surface area contributed by atoms with Gasteiger partial charge in [0, 0.05) is 77.9 Å². The van der Waals surface area contributed by atoms with Crippen LogP contribution in [0, 0.1) is 0 Å². The smallest absolute Gasteiger partial charge is 0.328 e. The van der Waals surface area contributed by atoms with Gasteiger partial charge in [0.15, 0.2) is 5.78 Å². The van der Waals surface area contributed by atoms with Gasteiger partial charge in [-0.1, -0.05) is 24.3 Å². The zero-order valence-electron chi connectivity index (χ0n) is 33.5. The predicted octanol–water partition coefficient (Wildman–Crippen LogP) is 2.89. The summed E-state index contributed by atoms with van der Waals surface area (Å²) in [5.74, 6) is -6.96. The number of carboxylic acid groups (broad SMARTS) is 2. The number of carbonyl (C=O) groups is 12. The molecule has 0 saturated carbocycles. The number of benzene rings is 3. The molecule has 322 valence electrons. The number of nitrogens with zero attached hydrogens (tertiary/aromatic N) is 4. The molecule has 4 aliphatic rings. The molecule has 0 fully saturated rings. The highest BCUT2D eigenvalue weighted by molar-refractivity contribution is 6.33. The van der Waals surface area contributed by atoms with E-state index in [9.17, 15) is 57.5 Å². The lowest BCUT2D eigenvalue weighted by atomic mass is 10.1. The minimum atomic E-state index is -1.24. The summed E-state index contributed by atoms with van der Waals surface area (Å²) in [7, 11) is 0. The van der Waals surface area contributed by atoms with Gasteiger partial charge in [-0.05, 0) is 74.0 Å². The van der Waals surface area contributed by atoms with Crippen molar-refractivity contribution in [2.24, 2.45) is 0 Å². The summed E-state index contributed by atoms with van der Waals surface area (Å²) in [6, 6.07) is 18.7. The van der Waals surface area contributed by atoms with E-state index in [0.717, 1.165) is 37.8 Å². The molecule has 19 nitrogen and oxygen atoms in total. The van der Waals surface area contributed by atoms with Crippen molar-refractivity contribution in [1.29, 1.82) is 0 Å². The standard InChI is InChI=1S/C16H12N2O4.C15H13NO6.C14H8N2O4/c1-9-6-13(19)17(15(9)21)11-4-3-5-12(8-11)18-14(20)7-10(2)16(18)22;17-12(4-6-14(19)20)9-10-2-1-3-11(8-10)16-13(18)5-7-15(21)22;17-11-4-5-12(18)15(11)9-2-1-3-10(8-9)16-13(19)6-7-14(16)20/h3-8H,1-2H3;1-8H,9H2,(H,16,18)(H,19,20)(H,21,22);1-8H/b;6-4-,7-5-;. The van der Waals surface area contributed by atoms with Gasteiger partial charge in [-0.25, -0.2) is 29.2 Å². The van der Waals surface area contributed by atoms with Gasteiger partial charge in [-0.15, -0.1) is 0 Å². The van der Waals surface area contributed by atoms with Gasteiger partial charge in [-0.2, -0.15) is 0 Å². The van der Waals surface area contributed by atoms with Crippen LogP contribution >= 0.6 is 0 Å². The molecular formula is C45H33N5O14. The van der Waals surface area contributed by atoms with E-state index in [1.165, 1.54) is 48.6 Å². The highest BCUT2D eigenvalue weighted by Crippen LogP contribution is 2.30. The molecule has 0 aromatic heterocycles. The van der Waals surface area contributed by atoms with Crippen LogP contribution in [0.25, 0.3) is 0 Å². The van der Waals surface area contributed by atoms with Crippen LogP contribution in [-0.2, 0) is 64.0 Å². The number of rotatable bonds is 11. The molecule has 64 heavy (non-hydrogen) atoms. The lowest BCUT2D eigenvalue weighted by Gasteiger charge is -2.19. The molecule has 0 aliphatic carbocycles. The molecule has 3 aromatic carbocycles. The number of hydrogen-bond donors (Lipinski definition) is 3. The zero-order valence-corrected chi connectivity index (χ0v) is 33.5. The molecule has 0 saturated heterocycles. The van der Waals surface area contributed by atoms with Crippen LogP contribution in [0.5, 0.6) is 0 Å². The predicted molar refractivity (Wildman–Crippen MR) is 226 cm³/mol. The highest BCUT2D eigenvalue weighted by Gasteiger charge is 2.33. The maximum atomic E-state index is 12.0. The van der Waals surface area contributed by atoms with Gasteiger partial charge in [0.05, 0.1) is 22.7 Å². The second-order valence-corrected chi connectivity index (χ2v) is 13.5.